The predicted octanol–water partition coefficient (Wildman–Crippen LogP) is 14.4. The quantitative estimate of drug-likeness (QED) is 0.176. The molecular formula is C55H38N4O. The molecule has 0 bridgehead atoms. The Labute approximate surface area is 346 Å². The molecule has 0 unspecified atom stereocenters. The van der Waals surface area contributed by atoms with E-state index in [4.69, 9.17) is 14.4 Å². The average Bonchev–Trinajstić information content (AvgIpc) is 3.96. The summed E-state index contributed by atoms with van der Waals surface area (Å²) in [4.78, 5) is 11.3. The number of fused-ring (bicyclic) bond motifs is 10. The van der Waals surface area contributed by atoms with Crippen LogP contribution in [0.5, 0.6) is 0 Å². The summed E-state index contributed by atoms with van der Waals surface area (Å²) in [6.45, 7) is 2.22. The lowest BCUT2D eigenvalue weighted by atomic mass is 9.97. The van der Waals surface area contributed by atoms with Crippen molar-refractivity contribution < 1.29 is 4.42 Å². The van der Waals surface area contributed by atoms with Crippen LogP contribution in [-0.2, 0) is 0 Å². The SMILES string of the molecule is CC1=C(c2ccc(-c3ccccc3)cc2)N=C(n2c3ccccc3c3c2ccc2c4ccccc4n(-c4ccccc4)c23)N=C(c2ccc3c(c2)oc2ccccc23)CC1. The number of allylic oxidation sites excluding steroid dienone is 1. The van der Waals surface area contributed by atoms with Gasteiger partial charge in [-0.2, -0.15) is 0 Å². The molecule has 5 nitrogen and oxygen atoms in total. The van der Waals surface area contributed by atoms with Crippen molar-refractivity contribution in [2.24, 2.45) is 9.98 Å². The second kappa shape index (κ2) is 13.7. The molecule has 284 valence electrons. The Morgan fingerprint density at radius 1 is 0.433 bits per heavy atom. The van der Waals surface area contributed by atoms with Crippen LogP contribution in [0.3, 0.4) is 0 Å². The Bertz CT molecular complexity index is 3580. The minimum Gasteiger partial charge on any atom is -0.456 e. The van der Waals surface area contributed by atoms with E-state index < -0.39 is 0 Å². The molecule has 60 heavy (non-hydrogen) atoms. The normalized spacial score (nSPS) is 13.8. The van der Waals surface area contributed by atoms with Crippen LogP contribution in [0.15, 0.2) is 208 Å². The third-order valence-electron chi connectivity index (χ3n) is 12.2. The van der Waals surface area contributed by atoms with Crippen LogP contribution in [-0.4, -0.2) is 20.8 Å². The number of aromatic nitrogens is 2. The molecule has 4 heterocycles. The van der Waals surface area contributed by atoms with E-state index in [9.17, 15) is 0 Å². The zero-order chi connectivity index (χ0) is 39.7. The van der Waals surface area contributed by atoms with E-state index in [1.54, 1.807) is 0 Å². The predicted molar refractivity (Wildman–Crippen MR) is 251 cm³/mol. The highest BCUT2D eigenvalue weighted by atomic mass is 16.3. The third kappa shape index (κ3) is 5.40. The molecule has 0 N–H and O–H groups in total. The van der Waals surface area contributed by atoms with Gasteiger partial charge in [0.1, 0.15) is 11.2 Å². The molecule has 0 saturated carbocycles. The molecule has 12 rings (SSSR count). The lowest BCUT2D eigenvalue weighted by Crippen LogP contribution is -2.16. The Kier molecular flexibility index (Phi) is 7.82. The van der Waals surface area contributed by atoms with Crippen LogP contribution in [0.1, 0.15) is 30.9 Å². The summed E-state index contributed by atoms with van der Waals surface area (Å²) >= 11 is 0. The van der Waals surface area contributed by atoms with Gasteiger partial charge in [-0.25, -0.2) is 9.98 Å². The van der Waals surface area contributed by atoms with E-state index in [0.717, 1.165) is 79.4 Å². The number of hydrogen-bond acceptors (Lipinski definition) is 3. The summed E-state index contributed by atoms with van der Waals surface area (Å²) in [7, 11) is 0. The Morgan fingerprint density at radius 3 is 1.83 bits per heavy atom. The van der Waals surface area contributed by atoms with Gasteiger partial charge in [-0.3, -0.25) is 4.57 Å². The molecule has 0 saturated heterocycles. The highest BCUT2D eigenvalue weighted by molar-refractivity contribution is 6.28. The molecule has 0 fully saturated rings. The number of para-hydroxylation sites is 4. The van der Waals surface area contributed by atoms with Crippen molar-refractivity contribution in [2.75, 3.05) is 0 Å². The van der Waals surface area contributed by atoms with Crippen molar-refractivity contribution in [1.82, 2.24) is 9.13 Å². The van der Waals surface area contributed by atoms with Crippen molar-refractivity contribution in [2.45, 2.75) is 19.8 Å². The van der Waals surface area contributed by atoms with Crippen LogP contribution in [0, 0.1) is 0 Å². The number of rotatable bonds is 4. The van der Waals surface area contributed by atoms with E-state index in [1.807, 2.05) is 12.1 Å². The van der Waals surface area contributed by atoms with Gasteiger partial charge in [0.2, 0.25) is 5.96 Å². The first-order chi connectivity index (χ1) is 29.7. The molecule has 0 radical (unpaired) electrons. The molecular weight excluding hydrogens is 733 g/mol. The van der Waals surface area contributed by atoms with Gasteiger partial charge in [0.05, 0.1) is 33.5 Å². The maximum atomic E-state index is 6.40. The van der Waals surface area contributed by atoms with Crippen LogP contribution in [0.4, 0.5) is 0 Å². The van der Waals surface area contributed by atoms with Gasteiger partial charge in [0, 0.05) is 43.6 Å². The molecule has 0 aliphatic carbocycles. The topological polar surface area (TPSA) is 47.7 Å². The van der Waals surface area contributed by atoms with Crippen molar-refractivity contribution in [1.29, 1.82) is 0 Å². The highest BCUT2D eigenvalue weighted by Crippen LogP contribution is 2.42. The first kappa shape index (κ1) is 34.3. The molecule has 5 heteroatoms. The van der Waals surface area contributed by atoms with Gasteiger partial charge >= 0.3 is 0 Å². The standard InChI is InChI=1S/C55H38N4O/c1-35-24-32-46(39-29-30-43-42-19-10-13-23-50(42)60-51(43)34-39)56-55(57-53(35)38-27-25-37(26-28-38)36-14-4-2-5-15-36)59-48-22-12-9-20-45(48)52-49(59)33-31-44-41-18-8-11-21-47(41)58(54(44)52)40-16-6-3-7-17-40/h2-23,25-31,33-34H,24,32H2,1H3. The Hall–Kier alpha value is -7.76. The zero-order valence-electron chi connectivity index (χ0n) is 33.0. The van der Waals surface area contributed by atoms with Crippen LogP contribution < -0.4 is 0 Å². The maximum absolute atomic E-state index is 6.40. The molecule has 1 aliphatic heterocycles. The first-order valence-corrected chi connectivity index (χ1v) is 20.6. The summed E-state index contributed by atoms with van der Waals surface area (Å²) in [6, 6.07) is 66.8. The number of benzene rings is 8. The molecule has 3 aromatic heterocycles. The van der Waals surface area contributed by atoms with Crippen molar-refractivity contribution in [3.05, 3.63) is 205 Å². The number of furan rings is 1. The van der Waals surface area contributed by atoms with Crippen molar-refractivity contribution >= 4 is 82.9 Å². The summed E-state index contributed by atoms with van der Waals surface area (Å²) in [5.41, 5.74) is 14.9. The largest absolute Gasteiger partial charge is 0.456 e. The molecule has 11 aromatic rings. The van der Waals surface area contributed by atoms with E-state index in [0.29, 0.717) is 5.96 Å². The monoisotopic (exact) mass is 770 g/mol. The number of hydrogen-bond donors (Lipinski definition) is 0. The molecule has 0 amide bonds. The van der Waals surface area contributed by atoms with Crippen LogP contribution in [0.2, 0.25) is 0 Å². The minimum absolute atomic E-state index is 0.629. The maximum Gasteiger partial charge on any atom is 0.235 e. The molecule has 0 atom stereocenters. The average molecular weight is 771 g/mol. The molecule has 0 spiro atoms. The fourth-order valence-corrected chi connectivity index (χ4v) is 9.37. The number of aliphatic imine (C=N–C) groups is 2. The van der Waals surface area contributed by atoms with Crippen molar-refractivity contribution in [3.8, 4) is 16.8 Å². The van der Waals surface area contributed by atoms with Crippen LogP contribution >= 0.6 is 0 Å². The van der Waals surface area contributed by atoms with Crippen molar-refractivity contribution in [3.63, 3.8) is 0 Å². The van der Waals surface area contributed by atoms with Gasteiger partial charge in [-0.1, -0.05) is 140 Å². The second-order valence-corrected chi connectivity index (χ2v) is 15.7. The first-order valence-electron chi connectivity index (χ1n) is 20.6. The summed E-state index contributed by atoms with van der Waals surface area (Å²) in [5.74, 6) is 0.629. The van der Waals surface area contributed by atoms with Gasteiger partial charge < -0.3 is 8.98 Å². The van der Waals surface area contributed by atoms with Gasteiger partial charge in [0.15, 0.2) is 0 Å². The third-order valence-corrected chi connectivity index (χ3v) is 12.2. The van der Waals surface area contributed by atoms with E-state index in [-0.39, 0.29) is 0 Å². The summed E-state index contributed by atoms with van der Waals surface area (Å²) < 4.78 is 11.1. The fraction of sp³-hybridized carbons (Fsp3) is 0.0545. The summed E-state index contributed by atoms with van der Waals surface area (Å²) in [6.07, 6.45) is 1.56. The smallest absolute Gasteiger partial charge is 0.235 e. The lowest BCUT2D eigenvalue weighted by molar-refractivity contribution is 0.669. The highest BCUT2D eigenvalue weighted by Gasteiger charge is 2.24. The zero-order valence-corrected chi connectivity index (χ0v) is 33.0. The lowest BCUT2D eigenvalue weighted by Gasteiger charge is -2.18. The second-order valence-electron chi connectivity index (χ2n) is 15.7. The number of nitrogens with zero attached hydrogens (tertiary/aromatic N) is 4. The summed E-state index contributed by atoms with van der Waals surface area (Å²) in [5, 5.41) is 6.97. The fourth-order valence-electron chi connectivity index (χ4n) is 9.37. The van der Waals surface area contributed by atoms with E-state index in [2.05, 4.69) is 192 Å². The molecule has 8 aromatic carbocycles. The van der Waals surface area contributed by atoms with E-state index >= 15 is 0 Å². The van der Waals surface area contributed by atoms with E-state index in [1.165, 1.54) is 43.9 Å². The Morgan fingerprint density at radius 2 is 1.03 bits per heavy atom. The van der Waals surface area contributed by atoms with Gasteiger partial charge in [0.25, 0.3) is 0 Å². The Balaban J connectivity index is 1.13. The molecule has 1 aliphatic rings. The van der Waals surface area contributed by atoms with Gasteiger partial charge in [-0.15, -0.1) is 0 Å². The van der Waals surface area contributed by atoms with Crippen LogP contribution in [0.25, 0.3) is 88.1 Å². The minimum atomic E-state index is 0.629. The van der Waals surface area contributed by atoms with Gasteiger partial charge in [-0.05, 0) is 90.6 Å².